The van der Waals surface area contributed by atoms with Crippen LogP contribution in [0.15, 0.2) is 22.7 Å². The molecule has 0 amide bonds. The summed E-state index contributed by atoms with van der Waals surface area (Å²) < 4.78 is 13.6. The molecule has 0 bridgehead atoms. The molecular formula is C10H10BrFO. The van der Waals surface area contributed by atoms with Gasteiger partial charge in [0.05, 0.1) is 5.60 Å². The lowest BCUT2D eigenvalue weighted by molar-refractivity contribution is 0.151. The van der Waals surface area contributed by atoms with Gasteiger partial charge in [0.15, 0.2) is 0 Å². The van der Waals surface area contributed by atoms with E-state index in [1.54, 1.807) is 0 Å². The zero-order valence-corrected chi connectivity index (χ0v) is 8.64. The molecule has 0 radical (unpaired) electrons. The van der Waals surface area contributed by atoms with E-state index in [4.69, 9.17) is 0 Å². The Morgan fingerprint density at radius 3 is 2.62 bits per heavy atom. The molecule has 0 aliphatic heterocycles. The molecule has 1 nitrogen and oxygen atoms in total. The predicted molar refractivity (Wildman–Crippen MR) is 52.0 cm³/mol. The summed E-state index contributed by atoms with van der Waals surface area (Å²) in [6.45, 7) is 0. The van der Waals surface area contributed by atoms with Gasteiger partial charge in [-0.2, -0.15) is 0 Å². The zero-order valence-electron chi connectivity index (χ0n) is 7.06. The molecule has 0 spiro atoms. The van der Waals surface area contributed by atoms with Gasteiger partial charge in [0.1, 0.15) is 5.82 Å². The van der Waals surface area contributed by atoms with Crippen molar-refractivity contribution in [3.63, 3.8) is 0 Å². The zero-order chi connectivity index (χ0) is 9.47. The van der Waals surface area contributed by atoms with Crippen molar-refractivity contribution in [2.45, 2.75) is 24.9 Å². The van der Waals surface area contributed by atoms with Gasteiger partial charge in [-0.25, -0.2) is 4.39 Å². The molecule has 1 fully saturated rings. The van der Waals surface area contributed by atoms with Gasteiger partial charge in [-0.15, -0.1) is 0 Å². The molecule has 0 saturated heterocycles. The van der Waals surface area contributed by atoms with E-state index < -0.39 is 5.60 Å². The predicted octanol–water partition coefficient (Wildman–Crippen LogP) is 2.66. The standard InChI is InChI=1S/C10H10BrFO/c11-8-3-7(4-9(12)5-8)6-10(13)1-2-10/h3-5,13H,1-2,6H2. The van der Waals surface area contributed by atoms with E-state index in [2.05, 4.69) is 15.9 Å². The summed E-state index contributed by atoms with van der Waals surface area (Å²) in [6.07, 6.45) is 2.23. The molecule has 13 heavy (non-hydrogen) atoms. The molecule has 0 aromatic heterocycles. The number of halogens is 2. The van der Waals surface area contributed by atoms with Crippen molar-refractivity contribution in [2.75, 3.05) is 0 Å². The van der Waals surface area contributed by atoms with Crippen LogP contribution in [0, 0.1) is 5.82 Å². The molecule has 0 atom stereocenters. The van der Waals surface area contributed by atoms with E-state index >= 15 is 0 Å². The molecule has 1 N–H and O–H groups in total. The van der Waals surface area contributed by atoms with E-state index in [-0.39, 0.29) is 5.82 Å². The Bertz CT molecular complexity index is 313. The quantitative estimate of drug-likeness (QED) is 0.849. The van der Waals surface area contributed by atoms with Crippen LogP contribution in [0.2, 0.25) is 0 Å². The van der Waals surface area contributed by atoms with E-state index in [1.165, 1.54) is 12.1 Å². The smallest absolute Gasteiger partial charge is 0.124 e. The Balaban J connectivity index is 2.20. The van der Waals surface area contributed by atoms with Gasteiger partial charge in [-0.3, -0.25) is 0 Å². The van der Waals surface area contributed by atoms with Crippen LogP contribution in [-0.2, 0) is 6.42 Å². The fraction of sp³-hybridized carbons (Fsp3) is 0.400. The third-order valence-electron chi connectivity index (χ3n) is 2.28. The highest BCUT2D eigenvalue weighted by Gasteiger charge is 2.40. The third kappa shape index (κ3) is 2.29. The van der Waals surface area contributed by atoms with Crippen LogP contribution in [0.4, 0.5) is 4.39 Å². The second-order valence-electron chi connectivity index (χ2n) is 3.68. The van der Waals surface area contributed by atoms with Crippen molar-refractivity contribution in [3.05, 3.63) is 34.1 Å². The normalized spacial score (nSPS) is 18.7. The summed E-state index contributed by atoms with van der Waals surface area (Å²) in [7, 11) is 0. The van der Waals surface area contributed by atoms with Crippen LogP contribution < -0.4 is 0 Å². The van der Waals surface area contributed by atoms with Crippen LogP contribution in [-0.4, -0.2) is 10.7 Å². The maximum atomic E-state index is 12.9. The Labute approximate surface area is 84.7 Å². The summed E-state index contributed by atoms with van der Waals surface area (Å²) in [5.41, 5.74) is 0.305. The maximum absolute atomic E-state index is 12.9. The molecule has 1 aliphatic carbocycles. The minimum Gasteiger partial charge on any atom is -0.390 e. The lowest BCUT2D eigenvalue weighted by Crippen LogP contribution is -2.10. The first-order valence-corrected chi connectivity index (χ1v) is 5.04. The highest BCUT2D eigenvalue weighted by atomic mass is 79.9. The van der Waals surface area contributed by atoms with Crippen LogP contribution in [0.1, 0.15) is 18.4 Å². The molecule has 1 aromatic rings. The molecule has 0 unspecified atom stereocenters. The third-order valence-corrected chi connectivity index (χ3v) is 2.74. The molecule has 1 aliphatic rings. The summed E-state index contributed by atoms with van der Waals surface area (Å²) in [6, 6.07) is 4.74. The summed E-state index contributed by atoms with van der Waals surface area (Å²) in [5.74, 6) is -0.256. The van der Waals surface area contributed by atoms with Crippen molar-refractivity contribution in [1.29, 1.82) is 0 Å². The van der Waals surface area contributed by atoms with E-state index in [9.17, 15) is 9.50 Å². The number of aliphatic hydroxyl groups is 1. The average Bonchev–Trinajstić information content (AvgIpc) is 2.64. The highest BCUT2D eigenvalue weighted by molar-refractivity contribution is 9.10. The molecule has 2 rings (SSSR count). The molecule has 70 valence electrons. The molecule has 3 heteroatoms. The first-order chi connectivity index (χ1) is 6.07. The van der Waals surface area contributed by atoms with Gasteiger partial charge < -0.3 is 5.11 Å². The first-order valence-electron chi connectivity index (χ1n) is 4.25. The summed E-state index contributed by atoms with van der Waals surface area (Å²) >= 11 is 3.22. The Morgan fingerprint density at radius 1 is 1.38 bits per heavy atom. The van der Waals surface area contributed by atoms with Gasteiger partial charge in [-0.1, -0.05) is 15.9 Å². The molecule has 1 saturated carbocycles. The van der Waals surface area contributed by atoms with E-state index in [0.717, 1.165) is 22.9 Å². The highest BCUT2D eigenvalue weighted by Crippen LogP contribution is 2.38. The van der Waals surface area contributed by atoms with Gasteiger partial charge in [0.25, 0.3) is 0 Å². The largest absolute Gasteiger partial charge is 0.390 e. The minimum absolute atomic E-state index is 0.256. The van der Waals surface area contributed by atoms with Gasteiger partial charge in [0.2, 0.25) is 0 Å². The van der Waals surface area contributed by atoms with Crippen LogP contribution in [0.5, 0.6) is 0 Å². The lowest BCUT2D eigenvalue weighted by Gasteiger charge is -2.07. The number of hydrogen-bond acceptors (Lipinski definition) is 1. The second-order valence-corrected chi connectivity index (χ2v) is 4.59. The van der Waals surface area contributed by atoms with Gasteiger partial charge in [0, 0.05) is 10.9 Å². The summed E-state index contributed by atoms with van der Waals surface area (Å²) in [5, 5.41) is 9.63. The molecule has 0 heterocycles. The fourth-order valence-corrected chi connectivity index (χ4v) is 1.93. The maximum Gasteiger partial charge on any atom is 0.124 e. The average molecular weight is 245 g/mol. The minimum atomic E-state index is -0.548. The SMILES string of the molecule is OC1(Cc2cc(F)cc(Br)c2)CC1. The number of rotatable bonds is 2. The second kappa shape index (κ2) is 3.07. The molecular weight excluding hydrogens is 235 g/mol. The van der Waals surface area contributed by atoms with E-state index in [1.807, 2.05) is 6.07 Å². The van der Waals surface area contributed by atoms with Gasteiger partial charge >= 0.3 is 0 Å². The van der Waals surface area contributed by atoms with Crippen LogP contribution >= 0.6 is 15.9 Å². The number of benzene rings is 1. The van der Waals surface area contributed by atoms with Crippen molar-refractivity contribution in [2.24, 2.45) is 0 Å². The molecule has 1 aromatic carbocycles. The van der Waals surface area contributed by atoms with Crippen molar-refractivity contribution in [1.82, 2.24) is 0 Å². The lowest BCUT2D eigenvalue weighted by atomic mass is 10.1. The van der Waals surface area contributed by atoms with Crippen molar-refractivity contribution in [3.8, 4) is 0 Å². The fourth-order valence-electron chi connectivity index (χ4n) is 1.41. The first kappa shape index (κ1) is 9.16. The Kier molecular flexibility index (Phi) is 2.16. The topological polar surface area (TPSA) is 20.2 Å². The van der Waals surface area contributed by atoms with E-state index in [0.29, 0.717) is 6.42 Å². The monoisotopic (exact) mass is 244 g/mol. The van der Waals surface area contributed by atoms with Crippen molar-refractivity contribution >= 4 is 15.9 Å². The number of hydrogen-bond donors (Lipinski definition) is 1. The van der Waals surface area contributed by atoms with Crippen LogP contribution in [0.25, 0.3) is 0 Å². The summed E-state index contributed by atoms with van der Waals surface area (Å²) in [4.78, 5) is 0. The van der Waals surface area contributed by atoms with Crippen molar-refractivity contribution < 1.29 is 9.50 Å². The van der Waals surface area contributed by atoms with Gasteiger partial charge in [-0.05, 0) is 36.6 Å². The van der Waals surface area contributed by atoms with Crippen LogP contribution in [0.3, 0.4) is 0 Å². The Hall–Kier alpha value is -0.410. The Morgan fingerprint density at radius 2 is 2.08 bits per heavy atom.